The average Bonchev–Trinajstić information content (AvgIpc) is 3.03. The molecule has 0 fully saturated rings. The molecule has 0 atom stereocenters. The van der Waals surface area contributed by atoms with Gasteiger partial charge in [-0.1, -0.05) is 64.4 Å². The zero-order chi connectivity index (χ0) is 15.9. The van der Waals surface area contributed by atoms with Crippen LogP contribution in [0.15, 0.2) is 17.5 Å². The van der Waals surface area contributed by atoms with Crippen LogP contribution in [0.4, 0.5) is 0 Å². The van der Waals surface area contributed by atoms with Gasteiger partial charge in [0.15, 0.2) is 0 Å². The zero-order valence-electron chi connectivity index (χ0n) is 13.9. The lowest BCUT2D eigenvalue weighted by molar-refractivity contribution is -0.133. The van der Waals surface area contributed by atoms with Crippen molar-refractivity contribution in [1.82, 2.24) is 5.48 Å². The van der Waals surface area contributed by atoms with E-state index in [1.165, 1.54) is 49.8 Å². The molecule has 1 N–H and O–H groups in total. The molecule has 4 heteroatoms. The lowest BCUT2D eigenvalue weighted by Crippen LogP contribution is -2.24. The van der Waals surface area contributed by atoms with Crippen LogP contribution >= 0.6 is 11.3 Å². The molecule has 1 rings (SSSR count). The van der Waals surface area contributed by atoms with E-state index < -0.39 is 0 Å². The van der Waals surface area contributed by atoms with Crippen molar-refractivity contribution in [3.8, 4) is 0 Å². The first-order chi connectivity index (χ1) is 10.8. The fourth-order valence-electron chi connectivity index (χ4n) is 2.39. The summed E-state index contributed by atoms with van der Waals surface area (Å²) in [6.07, 6.45) is 12.9. The SMILES string of the molecule is CCCCCCCCCCCC(=O)NOCCc1cccs1. The molecule has 1 aromatic heterocycles. The molecule has 126 valence electrons. The van der Waals surface area contributed by atoms with E-state index in [-0.39, 0.29) is 5.91 Å². The van der Waals surface area contributed by atoms with Gasteiger partial charge < -0.3 is 0 Å². The molecule has 0 unspecified atom stereocenters. The van der Waals surface area contributed by atoms with E-state index in [1.54, 1.807) is 11.3 Å². The first kappa shape index (κ1) is 19.2. The van der Waals surface area contributed by atoms with Crippen LogP contribution in [0.2, 0.25) is 0 Å². The molecule has 0 aliphatic carbocycles. The van der Waals surface area contributed by atoms with Gasteiger partial charge in [-0.2, -0.15) is 0 Å². The molecule has 0 saturated carbocycles. The Bertz CT molecular complexity index is 365. The Morgan fingerprint density at radius 2 is 1.77 bits per heavy atom. The summed E-state index contributed by atoms with van der Waals surface area (Å²) in [4.78, 5) is 18.1. The predicted molar refractivity (Wildman–Crippen MR) is 94.0 cm³/mol. The number of hydroxylamine groups is 1. The first-order valence-corrected chi connectivity index (χ1v) is 9.64. The maximum Gasteiger partial charge on any atom is 0.243 e. The van der Waals surface area contributed by atoms with Gasteiger partial charge in [0.2, 0.25) is 5.91 Å². The van der Waals surface area contributed by atoms with Crippen LogP contribution in [-0.2, 0) is 16.1 Å². The summed E-state index contributed by atoms with van der Waals surface area (Å²) in [7, 11) is 0. The predicted octanol–water partition coefficient (Wildman–Crippen LogP) is 5.26. The molecule has 0 radical (unpaired) electrons. The molecule has 0 aliphatic heterocycles. The van der Waals surface area contributed by atoms with E-state index in [9.17, 15) is 4.79 Å². The Morgan fingerprint density at radius 3 is 2.41 bits per heavy atom. The van der Waals surface area contributed by atoms with Gasteiger partial charge in [0, 0.05) is 17.7 Å². The topological polar surface area (TPSA) is 38.3 Å². The van der Waals surface area contributed by atoms with E-state index >= 15 is 0 Å². The van der Waals surface area contributed by atoms with Gasteiger partial charge in [-0.15, -0.1) is 11.3 Å². The van der Waals surface area contributed by atoms with E-state index in [1.807, 2.05) is 6.07 Å². The maximum atomic E-state index is 11.6. The summed E-state index contributed by atoms with van der Waals surface area (Å²) in [6, 6.07) is 4.11. The Labute approximate surface area is 139 Å². The van der Waals surface area contributed by atoms with Crippen molar-refractivity contribution in [3.05, 3.63) is 22.4 Å². The Hall–Kier alpha value is -0.870. The number of amides is 1. The van der Waals surface area contributed by atoms with Crippen LogP contribution in [0.1, 0.15) is 76.0 Å². The molecule has 1 heterocycles. The second-order valence-corrected chi connectivity index (χ2v) is 6.81. The lowest BCUT2D eigenvalue weighted by Gasteiger charge is -2.05. The summed E-state index contributed by atoms with van der Waals surface area (Å²) in [5, 5.41) is 2.05. The van der Waals surface area contributed by atoms with Crippen molar-refractivity contribution in [2.24, 2.45) is 0 Å². The number of rotatable bonds is 14. The number of hydrogen-bond donors (Lipinski definition) is 1. The molecule has 1 aromatic rings. The molecule has 22 heavy (non-hydrogen) atoms. The Kier molecular flexibility index (Phi) is 12.0. The minimum atomic E-state index is 0.00845. The van der Waals surface area contributed by atoms with Gasteiger partial charge in [0.1, 0.15) is 0 Å². The third kappa shape index (κ3) is 10.8. The first-order valence-electron chi connectivity index (χ1n) is 8.76. The average molecular weight is 326 g/mol. The minimum absolute atomic E-state index is 0.00845. The van der Waals surface area contributed by atoms with Gasteiger partial charge in [-0.05, 0) is 17.9 Å². The van der Waals surface area contributed by atoms with Gasteiger partial charge in [0.25, 0.3) is 0 Å². The van der Waals surface area contributed by atoms with Crippen molar-refractivity contribution >= 4 is 17.2 Å². The second kappa shape index (κ2) is 13.8. The van der Waals surface area contributed by atoms with E-state index in [0.29, 0.717) is 13.0 Å². The number of unbranched alkanes of at least 4 members (excludes halogenated alkanes) is 8. The summed E-state index contributed by atoms with van der Waals surface area (Å²) in [5.41, 5.74) is 2.54. The highest BCUT2D eigenvalue weighted by atomic mass is 32.1. The zero-order valence-corrected chi connectivity index (χ0v) is 14.8. The van der Waals surface area contributed by atoms with Crippen molar-refractivity contribution in [2.45, 2.75) is 77.6 Å². The van der Waals surface area contributed by atoms with E-state index in [4.69, 9.17) is 4.84 Å². The van der Waals surface area contributed by atoms with Gasteiger partial charge in [0.05, 0.1) is 6.61 Å². The molecule has 3 nitrogen and oxygen atoms in total. The van der Waals surface area contributed by atoms with Gasteiger partial charge >= 0.3 is 0 Å². The van der Waals surface area contributed by atoms with Gasteiger partial charge in [-0.3, -0.25) is 9.63 Å². The second-order valence-electron chi connectivity index (χ2n) is 5.78. The van der Waals surface area contributed by atoms with Crippen molar-refractivity contribution in [1.29, 1.82) is 0 Å². The fourth-order valence-corrected chi connectivity index (χ4v) is 3.08. The highest BCUT2D eigenvalue weighted by Gasteiger charge is 2.01. The third-order valence-corrected chi connectivity index (χ3v) is 4.66. The van der Waals surface area contributed by atoms with E-state index in [2.05, 4.69) is 23.9 Å². The summed E-state index contributed by atoms with van der Waals surface area (Å²) >= 11 is 1.72. The third-order valence-electron chi connectivity index (χ3n) is 3.72. The van der Waals surface area contributed by atoms with Crippen LogP contribution in [0.5, 0.6) is 0 Å². The molecular formula is C18H31NO2S. The Morgan fingerprint density at radius 1 is 1.09 bits per heavy atom. The minimum Gasteiger partial charge on any atom is -0.273 e. The largest absolute Gasteiger partial charge is 0.273 e. The molecule has 1 amide bonds. The number of nitrogens with one attached hydrogen (secondary N) is 1. The van der Waals surface area contributed by atoms with Crippen molar-refractivity contribution in [3.63, 3.8) is 0 Å². The molecular weight excluding hydrogens is 294 g/mol. The summed E-state index contributed by atoms with van der Waals surface area (Å²) in [6.45, 7) is 2.79. The molecule has 0 bridgehead atoms. The van der Waals surface area contributed by atoms with Crippen LogP contribution in [0.3, 0.4) is 0 Å². The van der Waals surface area contributed by atoms with E-state index in [0.717, 1.165) is 19.3 Å². The highest BCUT2D eigenvalue weighted by Crippen LogP contribution is 2.10. The van der Waals surface area contributed by atoms with Crippen LogP contribution in [0, 0.1) is 0 Å². The quantitative estimate of drug-likeness (QED) is 0.374. The number of carbonyl (C=O) groups excluding carboxylic acids is 1. The van der Waals surface area contributed by atoms with Crippen molar-refractivity contribution < 1.29 is 9.63 Å². The summed E-state index contributed by atoms with van der Waals surface area (Å²) in [5.74, 6) is 0.00845. The van der Waals surface area contributed by atoms with Crippen LogP contribution < -0.4 is 5.48 Å². The van der Waals surface area contributed by atoms with Crippen LogP contribution in [-0.4, -0.2) is 12.5 Å². The molecule has 0 spiro atoms. The number of thiophene rings is 1. The summed E-state index contributed by atoms with van der Waals surface area (Å²) < 4.78 is 0. The number of hydrogen-bond acceptors (Lipinski definition) is 3. The molecule has 0 aromatic carbocycles. The van der Waals surface area contributed by atoms with Gasteiger partial charge in [-0.25, -0.2) is 5.48 Å². The smallest absolute Gasteiger partial charge is 0.243 e. The standard InChI is InChI=1S/C18H31NO2S/c1-2-3-4-5-6-7-8-9-10-13-18(20)19-21-15-14-17-12-11-16-22-17/h11-12,16H,2-10,13-15H2,1H3,(H,19,20). The lowest BCUT2D eigenvalue weighted by atomic mass is 10.1. The van der Waals surface area contributed by atoms with Crippen molar-refractivity contribution in [2.75, 3.05) is 6.61 Å². The highest BCUT2D eigenvalue weighted by molar-refractivity contribution is 7.09. The monoisotopic (exact) mass is 325 g/mol. The molecule has 0 aliphatic rings. The fraction of sp³-hybridized carbons (Fsp3) is 0.722. The molecule has 0 saturated heterocycles. The van der Waals surface area contributed by atoms with Crippen LogP contribution in [0.25, 0.3) is 0 Å². The number of carbonyl (C=O) groups is 1. The maximum absolute atomic E-state index is 11.6. The normalized spacial score (nSPS) is 10.8. The Balaban J connectivity index is 1.81.